The van der Waals surface area contributed by atoms with Gasteiger partial charge in [0, 0.05) is 13.1 Å². The van der Waals surface area contributed by atoms with E-state index in [-0.39, 0.29) is 12.0 Å². The second kappa shape index (κ2) is 7.27. The average Bonchev–Trinajstić information content (AvgIpc) is 3.06. The second-order valence-electron chi connectivity index (χ2n) is 6.38. The fourth-order valence-corrected chi connectivity index (χ4v) is 3.39. The number of hydrogen-bond acceptors (Lipinski definition) is 5. The van der Waals surface area contributed by atoms with Gasteiger partial charge in [0.25, 0.3) is 0 Å². The van der Waals surface area contributed by atoms with Crippen LogP contribution < -0.4 is 5.32 Å². The van der Waals surface area contributed by atoms with E-state index >= 15 is 0 Å². The zero-order valence-electron chi connectivity index (χ0n) is 14.6. The molecule has 4 rings (SSSR count). The molecular weight excluding hydrogens is 330 g/mol. The van der Waals surface area contributed by atoms with E-state index in [1.54, 1.807) is 12.1 Å². The average molecular weight is 351 g/mol. The minimum Gasteiger partial charge on any atom is -0.465 e. The summed E-state index contributed by atoms with van der Waals surface area (Å²) in [6.07, 6.45) is 0. The number of nitrogens with zero attached hydrogens (tertiary/aromatic N) is 2. The zero-order chi connectivity index (χ0) is 17.9. The molecule has 6 nitrogen and oxygen atoms in total. The molecule has 1 aliphatic heterocycles. The van der Waals surface area contributed by atoms with Gasteiger partial charge in [0.15, 0.2) is 0 Å². The quantitative estimate of drug-likeness (QED) is 0.716. The van der Waals surface area contributed by atoms with Crippen LogP contribution in [0.5, 0.6) is 0 Å². The van der Waals surface area contributed by atoms with E-state index in [0.29, 0.717) is 18.8 Å². The van der Waals surface area contributed by atoms with Crippen LogP contribution in [0.1, 0.15) is 27.8 Å². The molecular formula is C20H21N3O3. The number of aromatic nitrogens is 2. The monoisotopic (exact) mass is 351 g/mol. The van der Waals surface area contributed by atoms with Crippen molar-refractivity contribution < 1.29 is 14.3 Å². The molecule has 3 aromatic rings. The summed E-state index contributed by atoms with van der Waals surface area (Å²) in [5, 5.41) is 3.50. The predicted molar refractivity (Wildman–Crippen MR) is 97.9 cm³/mol. The van der Waals surface area contributed by atoms with Gasteiger partial charge in [0.05, 0.1) is 36.4 Å². The van der Waals surface area contributed by atoms with Crippen molar-refractivity contribution >= 4 is 17.0 Å². The summed E-state index contributed by atoms with van der Waals surface area (Å²) < 4.78 is 12.7. The van der Waals surface area contributed by atoms with E-state index in [0.717, 1.165) is 29.9 Å². The molecule has 2 heterocycles. The van der Waals surface area contributed by atoms with Gasteiger partial charge < -0.3 is 19.4 Å². The molecule has 134 valence electrons. The Morgan fingerprint density at radius 2 is 2.15 bits per heavy atom. The van der Waals surface area contributed by atoms with Gasteiger partial charge in [-0.15, -0.1) is 0 Å². The van der Waals surface area contributed by atoms with Crippen LogP contribution in [0.15, 0.2) is 48.5 Å². The Labute approximate surface area is 151 Å². The molecule has 1 atom stereocenters. The number of carbonyl (C=O) groups is 1. The van der Waals surface area contributed by atoms with Gasteiger partial charge in [0.2, 0.25) is 0 Å². The Morgan fingerprint density at radius 1 is 1.31 bits per heavy atom. The van der Waals surface area contributed by atoms with E-state index in [1.165, 1.54) is 12.7 Å². The molecule has 1 aromatic heterocycles. The number of imidazole rings is 1. The number of rotatable bonds is 5. The van der Waals surface area contributed by atoms with Crippen LogP contribution in [-0.2, 0) is 22.6 Å². The standard InChI is InChI=1S/C20H21N3O3/c1-25-20(24)15-7-8-18-17(9-15)22-19-13-26-12-16(23(18)19)11-21-10-14-5-3-2-4-6-14/h2-9,16,21H,10-13H2,1H3. The van der Waals surface area contributed by atoms with Crippen molar-refractivity contribution in [2.45, 2.75) is 19.2 Å². The molecule has 0 aliphatic carbocycles. The molecule has 0 amide bonds. The predicted octanol–water partition coefficient (Wildman–Crippen LogP) is 2.68. The summed E-state index contributed by atoms with van der Waals surface area (Å²) in [4.78, 5) is 16.4. The minimum atomic E-state index is -0.352. The summed E-state index contributed by atoms with van der Waals surface area (Å²) in [6, 6.07) is 16.0. The lowest BCUT2D eigenvalue weighted by atomic mass is 10.2. The summed E-state index contributed by atoms with van der Waals surface area (Å²) in [5.74, 6) is 0.537. The van der Waals surface area contributed by atoms with E-state index in [4.69, 9.17) is 9.47 Å². The Hall–Kier alpha value is -2.70. The first-order chi connectivity index (χ1) is 12.8. The third-order valence-electron chi connectivity index (χ3n) is 4.64. The van der Waals surface area contributed by atoms with Gasteiger partial charge >= 0.3 is 5.97 Å². The number of esters is 1. The molecule has 0 fully saturated rings. The highest BCUT2D eigenvalue weighted by molar-refractivity contribution is 5.93. The van der Waals surface area contributed by atoms with Crippen molar-refractivity contribution in [3.63, 3.8) is 0 Å². The van der Waals surface area contributed by atoms with E-state index in [2.05, 4.69) is 27.0 Å². The SMILES string of the molecule is COC(=O)c1ccc2c(c1)nc1n2C(CNCc2ccccc2)COC1. The van der Waals surface area contributed by atoms with Gasteiger partial charge in [0.1, 0.15) is 12.4 Å². The molecule has 0 bridgehead atoms. The van der Waals surface area contributed by atoms with Crippen LogP contribution >= 0.6 is 0 Å². The van der Waals surface area contributed by atoms with Gasteiger partial charge in [-0.25, -0.2) is 9.78 Å². The van der Waals surface area contributed by atoms with Gasteiger partial charge in [-0.05, 0) is 23.8 Å². The molecule has 0 saturated carbocycles. The molecule has 0 radical (unpaired) electrons. The Morgan fingerprint density at radius 3 is 2.96 bits per heavy atom. The van der Waals surface area contributed by atoms with Crippen LogP contribution in [0.2, 0.25) is 0 Å². The van der Waals surface area contributed by atoms with Gasteiger partial charge in [-0.2, -0.15) is 0 Å². The van der Waals surface area contributed by atoms with Crippen molar-refractivity contribution in [3.8, 4) is 0 Å². The largest absolute Gasteiger partial charge is 0.465 e. The summed E-state index contributed by atoms with van der Waals surface area (Å²) in [5.41, 5.74) is 3.57. The molecule has 26 heavy (non-hydrogen) atoms. The Balaban J connectivity index is 1.55. The minimum absolute atomic E-state index is 0.163. The molecule has 6 heteroatoms. The third-order valence-corrected chi connectivity index (χ3v) is 4.64. The Bertz CT molecular complexity index is 921. The zero-order valence-corrected chi connectivity index (χ0v) is 14.6. The maximum Gasteiger partial charge on any atom is 0.337 e. The first-order valence-electron chi connectivity index (χ1n) is 8.68. The van der Waals surface area contributed by atoms with Crippen LogP contribution in [0, 0.1) is 0 Å². The van der Waals surface area contributed by atoms with Crippen molar-refractivity contribution in [1.29, 1.82) is 0 Å². The number of nitrogens with one attached hydrogen (secondary N) is 1. The van der Waals surface area contributed by atoms with Crippen LogP contribution in [-0.4, -0.2) is 35.8 Å². The summed E-state index contributed by atoms with van der Waals surface area (Å²) >= 11 is 0. The normalized spacial score (nSPS) is 16.4. The van der Waals surface area contributed by atoms with Crippen LogP contribution in [0.25, 0.3) is 11.0 Å². The highest BCUT2D eigenvalue weighted by Crippen LogP contribution is 2.26. The number of benzene rings is 2. The number of methoxy groups -OCH3 is 1. The molecule has 1 unspecified atom stereocenters. The van der Waals surface area contributed by atoms with Crippen molar-refractivity contribution in [3.05, 3.63) is 65.5 Å². The summed E-state index contributed by atoms with van der Waals surface area (Å²) in [6.45, 7) is 2.72. The number of fused-ring (bicyclic) bond motifs is 3. The number of carbonyl (C=O) groups excluding carboxylic acids is 1. The lowest BCUT2D eigenvalue weighted by Gasteiger charge is -2.26. The smallest absolute Gasteiger partial charge is 0.337 e. The summed E-state index contributed by atoms with van der Waals surface area (Å²) in [7, 11) is 1.38. The van der Waals surface area contributed by atoms with Gasteiger partial charge in [-0.1, -0.05) is 30.3 Å². The molecule has 0 saturated heterocycles. The fourth-order valence-electron chi connectivity index (χ4n) is 3.39. The molecule has 1 aliphatic rings. The topological polar surface area (TPSA) is 65.4 Å². The Kier molecular flexibility index (Phi) is 4.69. The highest BCUT2D eigenvalue weighted by Gasteiger charge is 2.24. The fraction of sp³-hybridized carbons (Fsp3) is 0.300. The number of ether oxygens (including phenoxy) is 2. The highest BCUT2D eigenvalue weighted by atomic mass is 16.5. The lowest BCUT2D eigenvalue weighted by molar-refractivity contribution is 0.0564. The first-order valence-corrected chi connectivity index (χ1v) is 8.68. The second-order valence-corrected chi connectivity index (χ2v) is 6.38. The third kappa shape index (κ3) is 3.21. The van der Waals surface area contributed by atoms with E-state index in [1.807, 2.05) is 24.3 Å². The van der Waals surface area contributed by atoms with Crippen molar-refractivity contribution in [1.82, 2.24) is 14.9 Å². The van der Waals surface area contributed by atoms with Crippen molar-refractivity contribution in [2.24, 2.45) is 0 Å². The lowest BCUT2D eigenvalue weighted by Crippen LogP contribution is -2.32. The van der Waals surface area contributed by atoms with Crippen LogP contribution in [0.4, 0.5) is 0 Å². The first kappa shape index (κ1) is 16.8. The maximum absolute atomic E-state index is 11.7. The van der Waals surface area contributed by atoms with E-state index in [9.17, 15) is 4.79 Å². The van der Waals surface area contributed by atoms with E-state index < -0.39 is 0 Å². The van der Waals surface area contributed by atoms with Gasteiger partial charge in [-0.3, -0.25) is 0 Å². The molecule has 2 aromatic carbocycles. The molecule has 0 spiro atoms. The number of hydrogen-bond donors (Lipinski definition) is 1. The maximum atomic E-state index is 11.7. The molecule has 1 N–H and O–H groups in total. The van der Waals surface area contributed by atoms with Crippen molar-refractivity contribution in [2.75, 3.05) is 20.3 Å². The van der Waals surface area contributed by atoms with Crippen LogP contribution in [0.3, 0.4) is 0 Å².